The number of hydrogen-bond acceptors (Lipinski definition) is 7. The summed E-state index contributed by atoms with van der Waals surface area (Å²) in [4.78, 5) is 25.2. The molecule has 0 amide bonds. The molecule has 8 heteroatoms. The Labute approximate surface area is 202 Å². The lowest BCUT2D eigenvalue weighted by Crippen LogP contribution is -2.36. The van der Waals surface area contributed by atoms with Crippen molar-refractivity contribution >= 4 is 39.4 Å². The number of rotatable bonds is 8. The SMILES string of the molecule is N#CCCn1cc(C(=O)CSc2nc(CN3CCOCC3)nc3ccccc23)c2ccccc21. The number of carbonyl (C=O) groups excluding carboxylic acids is 1. The Kier molecular flexibility index (Phi) is 6.86. The standard InChI is InChI=1S/C26H25N5O2S/c27-10-5-11-31-16-21(19-6-2-4-9-23(19)31)24(32)18-34-26-20-7-1-3-8-22(20)28-25(29-26)17-30-12-14-33-15-13-30/h1-4,6-9,16H,5,11-15,17-18H2. The maximum atomic E-state index is 13.3. The van der Waals surface area contributed by atoms with Crippen LogP contribution in [0.4, 0.5) is 0 Å². The van der Waals surface area contributed by atoms with Gasteiger partial charge in [0.15, 0.2) is 5.78 Å². The molecule has 1 aliphatic rings. The van der Waals surface area contributed by atoms with Crippen molar-refractivity contribution in [1.29, 1.82) is 5.26 Å². The predicted octanol–water partition coefficient (Wildman–Crippen LogP) is 4.31. The van der Waals surface area contributed by atoms with Gasteiger partial charge < -0.3 is 9.30 Å². The first kappa shape index (κ1) is 22.5. The summed E-state index contributed by atoms with van der Waals surface area (Å²) in [6, 6.07) is 18.0. The van der Waals surface area contributed by atoms with Crippen molar-refractivity contribution in [3.63, 3.8) is 0 Å². The van der Waals surface area contributed by atoms with Crippen molar-refractivity contribution in [3.8, 4) is 6.07 Å². The van der Waals surface area contributed by atoms with Gasteiger partial charge in [-0.15, -0.1) is 0 Å². The molecule has 172 valence electrons. The fourth-order valence-electron chi connectivity index (χ4n) is 4.27. The zero-order valence-electron chi connectivity index (χ0n) is 18.8. The molecule has 1 fully saturated rings. The van der Waals surface area contributed by atoms with Crippen LogP contribution in [0, 0.1) is 11.3 Å². The molecule has 0 saturated carbocycles. The molecule has 2 aromatic carbocycles. The van der Waals surface area contributed by atoms with Crippen LogP contribution in [0.2, 0.25) is 0 Å². The molecule has 0 unspecified atom stereocenters. The Hall–Kier alpha value is -3.25. The zero-order valence-corrected chi connectivity index (χ0v) is 19.6. The fourth-order valence-corrected chi connectivity index (χ4v) is 5.19. The number of aryl methyl sites for hydroxylation is 1. The number of ether oxygens (including phenoxy) is 1. The van der Waals surface area contributed by atoms with Crippen LogP contribution in [0.3, 0.4) is 0 Å². The molecule has 5 rings (SSSR count). The van der Waals surface area contributed by atoms with Crippen LogP contribution in [0.25, 0.3) is 21.8 Å². The Morgan fingerprint density at radius 2 is 1.82 bits per heavy atom. The van der Waals surface area contributed by atoms with Crippen LogP contribution in [0.5, 0.6) is 0 Å². The summed E-state index contributed by atoms with van der Waals surface area (Å²) in [5.41, 5.74) is 2.56. The molecule has 1 aliphatic heterocycles. The summed E-state index contributed by atoms with van der Waals surface area (Å²) in [5, 5.41) is 11.7. The molecule has 3 heterocycles. The highest BCUT2D eigenvalue weighted by atomic mass is 32.2. The van der Waals surface area contributed by atoms with Crippen molar-refractivity contribution in [2.24, 2.45) is 0 Å². The van der Waals surface area contributed by atoms with Gasteiger partial charge in [-0.25, -0.2) is 9.97 Å². The summed E-state index contributed by atoms with van der Waals surface area (Å²) in [7, 11) is 0. The van der Waals surface area contributed by atoms with Gasteiger partial charge in [-0.2, -0.15) is 5.26 Å². The third-order valence-electron chi connectivity index (χ3n) is 5.98. The number of morpholine rings is 1. The van der Waals surface area contributed by atoms with Crippen molar-refractivity contribution in [3.05, 3.63) is 66.1 Å². The summed E-state index contributed by atoms with van der Waals surface area (Å²) in [6.45, 7) is 4.43. The Morgan fingerprint density at radius 3 is 2.65 bits per heavy atom. The highest BCUT2D eigenvalue weighted by Crippen LogP contribution is 2.28. The lowest BCUT2D eigenvalue weighted by molar-refractivity contribution is 0.0330. The molecule has 2 aromatic heterocycles. The van der Waals surface area contributed by atoms with Gasteiger partial charge in [0.2, 0.25) is 0 Å². The van der Waals surface area contributed by atoms with E-state index in [-0.39, 0.29) is 11.5 Å². The quantitative estimate of drug-likeness (QED) is 0.215. The second-order valence-corrected chi connectivity index (χ2v) is 9.19. The van der Waals surface area contributed by atoms with Crippen LogP contribution in [-0.4, -0.2) is 57.3 Å². The molecule has 0 aliphatic carbocycles. The minimum Gasteiger partial charge on any atom is -0.379 e. The van der Waals surface area contributed by atoms with Crippen molar-refractivity contribution in [2.75, 3.05) is 32.1 Å². The molecular formula is C26H25N5O2S. The van der Waals surface area contributed by atoms with E-state index >= 15 is 0 Å². The highest BCUT2D eigenvalue weighted by Gasteiger charge is 2.18. The van der Waals surface area contributed by atoms with Gasteiger partial charge >= 0.3 is 0 Å². The first-order chi connectivity index (χ1) is 16.7. The number of hydrogen-bond donors (Lipinski definition) is 0. The van der Waals surface area contributed by atoms with Gasteiger partial charge in [0.1, 0.15) is 10.9 Å². The number of ketones is 1. The molecule has 0 radical (unpaired) electrons. The topological polar surface area (TPSA) is 84.0 Å². The molecule has 0 spiro atoms. The van der Waals surface area contributed by atoms with Crippen molar-refractivity contribution in [1.82, 2.24) is 19.4 Å². The summed E-state index contributed by atoms with van der Waals surface area (Å²) < 4.78 is 7.45. The normalized spacial score (nSPS) is 14.4. The fraction of sp³-hybridized carbons (Fsp3) is 0.308. The largest absolute Gasteiger partial charge is 0.379 e. The lowest BCUT2D eigenvalue weighted by Gasteiger charge is -2.25. The van der Waals surface area contributed by atoms with E-state index in [4.69, 9.17) is 20.0 Å². The van der Waals surface area contributed by atoms with Crippen LogP contribution < -0.4 is 0 Å². The Morgan fingerprint density at radius 1 is 1.06 bits per heavy atom. The van der Waals surface area contributed by atoms with Gasteiger partial charge in [-0.3, -0.25) is 9.69 Å². The number of benzene rings is 2. The van der Waals surface area contributed by atoms with Crippen LogP contribution in [0.1, 0.15) is 22.6 Å². The number of Topliss-reactive ketones (excluding diaryl/α,β-unsaturated/α-hetero) is 1. The molecule has 0 atom stereocenters. The van der Waals surface area contributed by atoms with E-state index in [0.29, 0.717) is 25.1 Å². The predicted molar refractivity (Wildman–Crippen MR) is 133 cm³/mol. The number of nitriles is 1. The average molecular weight is 472 g/mol. The Bertz CT molecular complexity index is 1370. The minimum atomic E-state index is 0.0503. The van der Waals surface area contributed by atoms with Crippen molar-refractivity contribution < 1.29 is 9.53 Å². The molecule has 4 aromatic rings. The second-order valence-electron chi connectivity index (χ2n) is 8.22. The van der Waals surface area contributed by atoms with E-state index < -0.39 is 0 Å². The van der Waals surface area contributed by atoms with Crippen LogP contribution in [-0.2, 0) is 17.8 Å². The molecule has 0 N–H and O–H groups in total. The third-order valence-corrected chi connectivity index (χ3v) is 6.97. The van der Waals surface area contributed by atoms with Crippen molar-refractivity contribution in [2.45, 2.75) is 24.5 Å². The molecular weight excluding hydrogens is 446 g/mol. The number of thioether (sulfide) groups is 1. The number of carbonyl (C=O) groups is 1. The summed E-state index contributed by atoms with van der Waals surface area (Å²) >= 11 is 1.46. The van der Waals surface area contributed by atoms with Gasteiger partial charge in [-0.1, -0.05) is 48.2 Å². The average Bonchev–Trinajstić information content (AvgIpc) is 3.25. The van der Waals surface area contributed by atoms with Gasteiger partial charge in [0.25, 0.3) is 0 Å². The first-order valence-corrected chi connectivity index (χ1v) is 12.4. The lowest BCUT2D eigenvalue weighted by atomic mass is 10.1. The van der Waals surface area contributed by atoms with Crippen LogP contribution in [0.15, 0.2) is 59.8 Å². The smallest absolute Gasteiger partial charge is 0.175 e. The molecule has 1 saturated heterocycles. The molecule has 34 heavy (non-hydrogen) atoms. The number of fused-ring (bicyclic) bond motifs is 2. The van der Waals surface area contributed by atoms with E-state index in [2.05, 4.69) is 11.0 Å². The van der Waals surface area contributed by atoms with E-state index in [1.165, 1.54) is 11.8 Å². The zero-order chi connectivity index (χ0) is 23.3. The maximum absolute atomic E-state index is 13.3. The number of para-hydroxylation sites is 2. The molecule has 0 bridgehead atoms. The van der Waals surface area contributed by atoms with Gasteiger partial charge in [-0.05, 0) is 12.1 Å². The number of aromatic nitrogens is 3. The van der Waals surface area contributed by atoms with Gasteiger partial charge in [0, 0.05) is 47.7 Å². The third kappa shape index (κ3) is 4.82. The second kappa shape index (κ2) is 10.3. The monoisotopic (exact) mass is 471 g/mol. The Balaban J connectivity index is 1.39. The molecule has 7 nitrogen and oxygen atoms in total. The van der Waals surface area contributed by atoms with Gasteiger partial charge in [0.05, 0.1) is 43.5 Å². The summed E-state index contributed by atoms with van der Waals surface area (Å²) in [5.74, 6) is 1.10. The summed E-state index contributed by atoms with van der Waals surface area (Å²) in [6.07, 6.45) is 2.28. The van der Waals surface area contributed by atoms with E-state index in [9.17, 15) is 4.79 Å². The highest BCUT2D eigenvalue weighted by molar-refractivity contribution is 8.00. The van der Waals surface area contributed by atoms with E-state index in [0.717, 1.165) is 59.0 Å². The maximum Gasteiger partial charge on any atom is 0.175 e. The first-order valence-electron chi connectivity index (χ1n) is 11.4. The van der Waals surface area contributed by atoms with Crippen LogP contribution >= 0.6 is 11.8 Å². The van der Waals surface area contributed by atoms with E-state index in [1.807, 2.05) is 59.3 Å². The van der Waals surface area contributed by atoms with E-state index in [1.54, 1.807) is 0 Å². The minimum absolute atomic E-state index is 0.0503. The number of nitrogens with zero attached hydrogens (tertiary/aromatic N) is 5.